The first kappa shape index (κ1) is 9.71. The van der Waals surface area contributed by atoms with Gasteiger partial charge in [0, 0.05) is 6.21 Å². The number of aliphatic hydroxyl groups excluding tert-OH is 1. The van der Waals surface area contributed by atoms with Crippen molar-refractivity contribution in [2.45, 2.75) is 13.0 Å². The second-order valence-electron chi connectivity index (χ2n) is 3.67. The number of hydrogen-bond acceptors (Lipinski definition) is 3. The lowest BCUT2D eigenvalue weighted by Crippen LogP contribution is -2.27. The second kappa shape index (κ2) is 3.38. The third kappa shape index (κ3) is 1.58. The topological polar surface area (TPSA) is 69.9 Å². The minimum absolute atomic E-state index is 0.109. The standard InChI is InChI=1S/C11H11NO3/c1-6-2-3-7-9(4-6)12-5-8(10(7)13)11(14)15/h2-5,7,9,13H,1H3,(H,14,15). The number of carbonyl (C=O) groups is 1. The second-order valence-corrected chi connectivity index (χ2v) is 3.67. The van der Waals surface area contributed by atoms with Gasteiger partial charge in [-0.15, -0.1) is 0 Å². The Kier molecular flexibility index (Phi) is 2.19. The minimum Gasteiger partial charge on any atom is -0.511 e. The maximum Gasteiger partial charge on any atom is 0.340 e. The number of carboxylic acid groups (broad SMARTS) is 1. The van der Waals surface area contributed by atoms with Gasteiger partial charge < -0.3 is 10.2 Å². The van der Waals surface area contributed by atoms with Crippen molar-refractivity contribution >= 4 is 12.2 Å². The maximum absolute atomic E-state index is 10.8. The number of allylic oxidation sites excluding steroid dienone is 2. The number of hydrogen-bond donors (Lipinski definition) is 2. The molecule has 0 bridgehead atoms. The average molecular weight is 205 g/mol. The van der Waals surface area contributed by atoms with E-state index in [1.807, 2.05) is 19.1 Å². The Hall–Kier alpha value is -1.84. The van der Waals surface area contributed by atoms with E-state index in [1.165, 1.54) is 6.21 Å². The molecule has 0 aromatic carbocycles. The molecular weight excluding hydrogens is 194 g/mol. The summed E-state index contributed by atoms with van der Waals surface area (Å²) in [6, 6.07) is -0.168. The number of carboxylic acids is 1. The Morgan fingerprint density at radius 2 is 2.27 bits per heavy atom. The van der Waals surface area contributed by atoms with Crippen LogP contribution in [-0.2, 0) is 4.79 Å². The Morgan fingerprint density at radius 3 is 2.93 bits per heavy atom. The van der Waals surface area contributed by atoms with Crippen LogP contribution < -0.4 is 0 Å². The minimum atomic E-state index is -1.14. The van der Waals surface area contributed by atoms with Crippen LogP contribution in [0.15, 0.2) is 40.1 Å². The van der Waals surface area contributed by atoms with Crippen LogP contribution >= 0.6 is 0 Å². The van der Waals surface area contributed by atoms with E-state index in [4.69, 9.17) is 5.11 Å². The molecule has 0 saturated heterocycles. The van der Waals surface area contributed by atoms with Gasteiger partial charge in [0.1, 0.15) is 11.3 Å². The molecule has 2 aliphatic rings. The van der Waals surface area contributed by atoms with Gasteiger partial charge in [-0.25, -0.2) is 4.79 Å². The first-order valence-electron chi connectivity index (χ1n) is 4.66. The first-order chi connectivity index (χ1) is 7.09. The van der Waals surface area contributed by atoms with E-state index in [2.05, 4.69) is 4.99 Å². The van der Waals surface area contributed by atoms with E-state index < -0.39 is 5.97 Å². The van der Waals surface area contributed by atoms with Crippen LogP contribution in [0.3, 0.4) is 0 Å². The summed E-state index contributed by atoms with van der Waals surface area (Å²) in [6.07, 6.45) is 6.78. The van der Waals surface area contributed by atoms with Crippen molar-refractivity contribution in [1.82, 2.24) is 0 Å². The largest absolute Gasteiger partial charge is 0.511 e. The predicted octanol–water partition coefficient (Wildman–Crippen LogP) is 1.47. The molecule has 0 aromatic heterocycles. The predicted molar refractivity (Wildman–Crippen MR) is 56.0 cm³/mol. The molecular formula is C11H11NO3. The monoisotopic (exact) mass is 205 g/mol. The number of dihydropyridines is 1. The molecule has 1 heterocycles. The van der Waals surface area contributed by atoms with Gasteiger partial charge >= 0.3 is 5.97 Å². The highest BCUT2D eigenvalue weighted by Gasteiger charge is 2.30. The maximum atomic E-state index is 10.8. The van der Waals surface area contributed by atoms with Crippen LogP contribution in [0.2, 0.25) is 0 Å². The van der Waals surface area contributed by atoms with Gasteiger partial charge in [-0.05, 0) is 6.92 Å². The lowest BCUT2D eigenvalue weighted by atomic mass is 9.87. The summed E-state index contributed by atoms with van der Waals surface area (Å²) < 4.78 is 0. The molecule has 1 aliphatic carbocycles. The third-order valence-electron chi connectivity index (χ3n) is 2.57. The van der Waals surface area contributed by atoms with Crippen molar-refractivity contribution in [2.75, 3.05) is 0 Å². The van der Waals surface area contributed by atoms with Crippen molar-refractivity contribution in [3.05, 3.63) is 35.1 Å². The summed E-state index contributed by atoms with van der Waals surface area (Å²) in [4.78, 5) is 14.9. The van der Waals surface area contributed by atoms with Gasteiger partial charge in [-0.2, -0.15) is 0 Å². The van der Waals surface area contributed by atoms with Crippen LogP contribution in [0.5, 0.6) is 0 Å². The molecule has 0 aromatic rings. The molecule has 0 amide bonds. The number of nitrogens with zero attached hydrogens (tertiary/aromatic N) is 1. The van der Waals surface area contributed by atoms with Gasteiger partial charge in [-0.1, -0.05) is 23.8 Å². The van der Waals surface area contributed by atoms with Gasteiger partial charge in [0.05, 0.1) is 12.0 Å². The summed E-state index contributed by atoms with van der Waals surface area (Å²) in [5, 5.41) is 18.6. The Labute approximate surface area is 87.0 Å². The number of fused-ring (bicyclic) bond motifs is 1. The fourth-order valence-electron chi connectivity index (χ4n) is 1.76. The Bertz CT molecular complexity index is 429. The smallest absolute Gasteiger partial charge is 0.340 e. The lowest BCUT2D eigenvalue weighted by Gasteiger charge is -2.25. The summed E-state index contributed by atoms with van der Waals surface area (Å²) in [5.41, 5.74) is 0.953. The van der Waals surface area contributed by atoms with E-state index in [0.29, 0.717) is 0 Å². The van der Waals surface area contributed by atoms with Crippen LogP contribution in [0.25, 0.3) is 0 Å². The molecule has 2 atom stereocenters. The Morgan fingerprint density at radius 1 is 1.53 bits per heavy atom. The average Bonchev–Trinajstić information content (AvgIpc) is 2.17. The highest BCUT2D eigenvalue weighted by Crippen LogP contribution is 2.29. The number of aliphatic hydroxyl groups is 1. The van der Waals surface area contributed by atoms with E-state index in [-0.39, 0.29) is 23.3 Å². The van der Waals surface area contributed by atoms with Crippen molar-refractivity contribution < 1.29 is 15.0 Å². The van der Waals surface area contributed by atoms with Crippen LogP contribution in [0.4, 0.5) is 0 Å². The van der Waals surface area contributed by atoms with E-state index in [1.54, 1.807) is 6.08 Å². The van der Waals surface area contributed by atoms with E-state index in [9.17, 15) is 9.90 Å². The normalized spacial score (nSPS) is 28.7. The molecule has 2 N–H and O–H groups in total. The highest BCUT2D eigenvalue weighted by molar-refractivity contribution is 6.09. The van der Waals surface area contributed by atoms with Crippen molar-refractivity contribution in [3.63, 3.8) is 0 Å². The van der Waals surface area contributed by atoms with Gasteiger partial charge in [-0.3, -0.25) is 4.99 Å². The summed E-state index contributed by atoms with van der Waals surface area (Å²) >= 11 is 0. The number of rotatable bonds is 1. The molecule has 0 spiro atoms. The van der Waals surface area contributed by atoms with Crippen molar-refractivity contribution in [1.29, 1.82) is 0 Å². The SMILES string of the molecule is CC1=CC2N=CC(C(=O)O)=C(O)C2C=C1. The summed E-state index contributed by atoms with van der Waals surface area (Å²) in [7, 11) is 0. The van der Waals surface area contributed by atoms with Crippen molar-refractivity contribution in [2.24, 2.45) is 10.9 Å². The number of aliphatic carboxylic acids is 1. The van der Waals surface area contributed by atoms with Crippen LogP contribution in [0.1, 0.15) is 6.92 Å². The zero-order valence-electron chi connectivity index (χ0n) is 8.21. The molecule has 0 saturated carbocycles. The first-order valence-corrected chi connectivity index (χ1v) is 4.66. The Balaban J connectivity index is 2.39. The van der Waals surface area contributed by atoms with Gasteiger partial charge in [0.15, 0.2) is 0 Å². The molecule has 0 radical (unpaired) electrons. The lowest BCUT2D eigenvalue weighted by molar-refractivity contribution is -0.132. The molecule has 1 aliphatic heterocycles. The van der Waals surface area contributed by atoms with Gasteiger partial charge in [0.2, 0.25) is 0 Å². The van der Waals surface area contributed by atoms with Crippen LogP contribution in [-0.4, -0.2) is 28.4 Å². The number of aliphatic imine (C=N–C) groups is 1. The molecule has 15 heavy (non-hydrogen) atoms. The molecule has 2 rings (SSSR count). The quantitative estimate of drug-likeness (QED) is 0.681. The van der Waals surface area contributed by atoms with Gasteiger partial charge in [0.25, 0.3) is 0 Å². The molecule has 78 valence electrons. The van der Waals surface area contributed by atoms with Crippen molar-refractivity contribution in [3.8, 4) is 0 Å². The fourth-order valence-corrected chi connectivity index (χ4v) is 1.76. The van der Waals surface area contributed by atoms with E-state index in [0.717, 1.165) is 5.57 Å². The molecule has 4 nitrogen and oxygen atoms in total. The summed E-state index contributed by atoms with van der Waals surface area (Å²) in [5.74, 6) is -1.58. The third-order valence-corrected chi connectivity index (χ3v) is 2.57. The molecule has 4 heteroatoms. The van der Waals surface area contributed by atoms with E-state index >= 15 is 0 Å². The molecule has 0 fully saturated rings. The fraction of sp³-hybridized carbons (Fsp3) is 0.273. The zero-order chi connectivity index (χ0) is 11.0. The van der Waals surface area contributed by atoms with Crippen LogP contribution in [0, 0.1) is 5.92 Å². The molecule has 2 unspecified atom stereocenters. The zero-order valence-corrected chi connectivity index (χ0v) is 8.21. The highest BCUT2D eigenvalue weighted by atomic mass is 16.4. The summed E-state index contributed by atoms with van der Waals surface area (Å²) in [6.45, 7) is 1.94.